The van der Waals surface area contributed by atoms with E-state index < -0.39 is 0 Å². The number of hydrogen-bond acceptors (Lipinski definition) is 5. The predicted octanol–water partition coefficient (Wildman–Crippen LogP) is 1.78. The van der Waals surface area contributed by atoms with Gasteiger partial charge in [0.15, 0.2) is 0 Å². The molecule has 0 spiro atoms. The highest BCUT2D eigenvalue weighted by molar-refractivity contribution is 5.48. The zero-order valence-electron chi connectivity index (χ0n) is 12.2. The maximum absolute atomic E-state index is 5.73. The zero-order chi connectivity index (χ0) is 13.8. The summed E-state index contributed by atoms with van der Waals surface area (Å²) in [5.74, 6) is 3.41. The molecular formula is C14H25N5. The third-order valence-electron chi connectivity index (χ3n) is 3.81. The second kappa shape index (κ2) is 6.19. The summed E-state index contributed by atoms with van der Waals surface area (Å²) in [7, 11) is 4.00. The third-order valence-corrected chi connectivity index (χ3v) is 3.81. The van der Waals surface area contributed by atoms with Crippen molar-refractivity contribution in [1.82, 2.24) is 9.97 Å². The van der Waals surface area contributed by atoms with Crippen LogP contribution in [0.2, 0.25) is 0 Å². The van der Waals surface area contributed by atoms with Gasteiger partial charge in [0.25, 0.3) is 0 Å². The van der Waals surface area contributed by atoms with Crippen LogP contribution >= 0.6 is 0 Å². The van der Waals surface area contributed by atoms with E-state index in [0.717, 1.165) is 24.0 Å². The van der Waals surface area contributed by atoms with Crippen molar-refractivity contribution in [3.8, 4) is 0 Å². The predicted molar refractivity (Wildman–Crippen MR) is 79.5 cm³/mol. The van der Waals surface area contributed by atoms with Gasteiger partial charge in [-0.25, -0.2) is 9.97 Å². The van der Waals surface area contributed by atoms with Crippen LogP contribution in [0.1, 0.15) is 31.5 Å². The van der Waals surface area contributed by atoms with Crippen molar-refractivity contribution in [3.63, 3.8) is 0 Å². The number of aromatic nitrogens is 2. The summed E-state index contributed by atoms with van der Waals surface area (Å²) in [6.45, 7) is 2.76. The molecule has 3 N–H and O–H groups in total. The molecule has 0 amide bonds. The Bertz CT molecular complexity index is 410. The standard InChI is InChI=1S/C14H25N5/c1-10-16-13(8-14(17-10)19(2)3)18-12-6-4-11(9-15)5-7-12/h8,11-12H,4-7,9,15H2,1-3H3,(H,16,17,18). The van der Waals surface area contributed by atoms with E-state index in [4.69, 9.17) is 5.73 Å². The molecule has 1 fully saturated rings. The van der Waals surface area contributed by atoms with Crippen LogP contribution in [0.25, 0.3) is 0 Å². The molecule has 1 saturated carbocycles. The lowest BCUT2D eigenvalue weighted by atomic mass is 9.86. The van der Waals surface area contributed by atoms with Gasteiger partial charge in [-0.1, -0.05) is 0 Å². The Hall–Kier alpha value is -1.36. The second-order valence-electron chi connectivity index (χ2n) is 5.65. The third kappa shape index (κ3) is 3.80. The quantitative estimate of drug-likeness (QED) is 0.866. The minimum atomic E-state index is 0.520. The van der Waals surface area contributed by atoms with Gasteiger partial charge < -0.3 is 16.0 Å². The van der Waals surface area contributed by atoms with Crippen LogP contribution in [-0.4, -0.2) is 36.6 Å². The number of nitrogens with zero attached hydrogens (tertiary/aromatic N) is 3. The monoisotopic (exact) mass is 263 g/mol. The SMILES string of the molecule is Cc1nc(NC2CCC(CN)CC2)cc(N(C)C)n1. The van der Waals surface area contributed by atoms with Gasteiger partial charge in [0.1, 0.15) is 17.5 Å². The molecule has 2 rings (SSSR count). The number of nitrogens with one attached hydrogen (secondary N) is 1. The van der Waals surface area contributed by atoms with Crippen molar-refractivity contribution in [2.75, 3.05) is 30.9 Å². The Labute approximate surface area is 115 Å². The minimum Gasteiger partial charge on any atom is -0.367 e. The molecule has 0 radical (unpaired) electrons. The van der Waals surface area contributed by atoms with E-state index in [0.29, 0.717) is 12.0 Å². The summed E-state index contributed by atoms with van der Waals surface area (Å²) in [5, 5.41) is 3.54. The Morgan fingerprint density at radius 1 is 1.26 bits per heavy atom. The highest BCUT2D eigenvalue weighted by atomic mass is 15.2. The van der Waals surface area contributed by atoms with E-state index in [1.807, 2.05) is 32.0 Å². The van der Waals surface area contributed by atoms with Gasteiger partial charge in [0.2, 0.25) is 0 Å². The summed E-state index contributed by atoms with van der Waals surface area (Å²) < 4.78 is 0. The minimum absolute atomic E-state index is 0.520. The van der Waals surface area contributed by atoms with Crippen LogP contribution in [0.4, 0.5) is 11.6 Å². The van der Waals surface area contributed by atoms with Gasteiger partial charge in [0, 0.05) is 26.2 Å². The van der Waals surface area contributed by atoms with E-state index in [1.165, 1.54) is 25.7 Å². The number of aryl methyl sites for hydroxylation is 1. The van der Waals surface area contributed by atoms with Crippen LogP contribution in [0.3, 0.4) is 0 Å². The summed E-state index contributed by atoms with van der Waals surface area (Å²) in [6.07, 6.45) is 4.81. The smallest absolute Gasteiger partial charge is 0.133 e. The molecule has 5 nitrogen and oxygen atoms in total. The molecule has 0 bridgehead atoms. The van der Waals surface area contributed by atoms with Gasteiger partial charge in [-0.3, -0.25) is 0 Å². The molecule has 0 atom stereocenters. The molecular weight excluding hydrogens is 238 g/mol. The first-order chi connectivity index (χ1) is 9.08. The summed E-state index contributed by atoms with van der Waals surface area (Å²) in [5.41, 5.74) is 5.73. The lowest BCUT2D eigenvalue weighted by Gasteiger charge is -2.28. The first kappa shape index (κ1) is 14.1. The van der Waals surface area contributed by atoms with Gasteiger partial charge in [-0.15, -0.1) is 0 Å². The molecule has 1 aromatic rings. The second-order valence-corrected chi connectivity index (χ2v) is 5.65. The van der Waals surface area contributed by atoms with Gasteiger partial charge in [0.05, 0.1) is 0 Å². The lowest BCUT2D eigenvalue weighted by Crippen LogP contribution is -2.29. The first-order valence-electron chi connectivity index (χ1n) is 7.08. The molecule has 19 heavy (non-hydrogen) atoms. The maximum atomic E-state index is 5.73. The van der Waals surface area contributed by atoms with Crippen molar-refractivity contribution in [1.29, 1.82) is 0 Å². The van der Waals surface area contributed by atoms with Gasteiger partial charge >= 0.3 is 0 Å². The van der Waals surface area contributed by atoms with Crippen LogP contribution in [0.5, 0.6) is 0 Å². The Morgan fingerprint density at radius 2 is 1.95 bits per heavy atom. The fraction of sp³-hybridized carbons (Fsp3) is 0.714. The zero-order valence-corrected chi connectivity index (χ0v) is 12.2. The van der Waals surface area contributed by atoms with Gasteiger partial charge in [-0.05, 0) is 45.1 Å². The highest BCUT2D eigenvalue weighted by Crippen LogP contribution is 2.26. The molecule has 1 heterocycles. The summed E-state index contributed by atoms with van der Waals surface area (Å²) in [6, 6.07) is 2.54. The van der Waals surface area contributed by atoms with Crippen LogP contribution in [0, 0.1) is 12.8 Å². The Morgan fingerprint density at radius 3 is 2.53 bits per heavy atom. The molecule has 106 valence electrons. The van der Waals surface area contributed by atoms with Crippen LogP contribution < -0.4 is 16.0 Å². The molecule has 1 aromatic heterocycles. The van der Waals surface area contributed by atoms with Gasteiger partial charge in [-0.2, -0.15) is 0 Å². The number of rotatable bonds is 4. The summed E-state index contributed by atoms with van der Waals surface area (Å²) in [4.78, 5) is 10.9. The molecule has 0 saturated heterocycles. The van der Waals surface area contributed by atoms with Crippen molar-refractivity contribution in [2.24, 2.45) is 11.7 Å². The first-order valence-corrected chi connectivity index (χ1v) is 7.08. The van der Waals surface area contributed by atoms with E-state index in [1.54, 1.807) is 0 Å². The van der Waals surface area contributed by atoms with Crippen molar-refractivity contribution < 1.29 is 0 Å². The molecule has 0 aliphatic heterocycles. The molecule has 5 heteroatoms. The largest absolute Gasteiger partial charge is 0.367 e. The van der Waals surface area contributed by atoms with E-state index in [9.17, 15) is 0 Å². The number of anilines is 2. The summed E-state index contributed by atoms with van der Waals surface area (Å²) >= 11 is 0. The van der Waals surface area contributed by atoms with Crippen LogP contribution in [-0.2, 0) is 0 Å². The highest BCUT2D eigenvalue weighted by Gasteiger charge is 2.20. The average molecular weight is 263 g/mol. The van der Waals surface area contributed by atoms with E-state index in [-0.39, 0.29) is 0 Å². The van der Waals surface area contributed by atoms with Crippen molar-refractivity contribution in [2.45, 2.75) is 38.6 Å². The molecule has 0 aromatic carbocycles. The Kier molecular flexibility index (Phi) is 4.58. The van der Waals surface area contributed by atoms with Crippen LogP contribution in [0.15, 0.2) is 6.07 Å². The van der Waals surface area contributed by atoms with E-state index in [2.05, 4.69) is 15.3 Å². The Balaban J connectivity index is 1.99. The number of nitrogens with two attached hydrogens (primary N) is 1. The van der Waals surface area contributed by atoms with Crippen molar-refractivity contribution >= 4 is 11.6 Å². The fourth-order valence-corrected chi connectivity index (χ4v) is 2.61. The van der Waals surface area contributed by atoms with E-state index >= 15 is 0 Å². The maximum Gasteiger partial charge on any atom is 0.133 e. The topological polar surface area (TPSA) is 67.1 Å². The molecule has 1 aliphatic carbocycles. The van der Waals surface area contributed by atoms with Crippen molar-refractivity contribution in [3.05, 3.63) is 11.9 Å². The lowest BCUT2D eigenvalue weighted by molar-refractivity contribution is 0.344. The number of hydrogen-bond donors (Lipinski definition) is 2. The molecule has 0 unspecified atom stereocenters. The fourth-order valence-electron chi connectivity index (χ4n) is 2.61. The average Bonchev–Trinajstić information content (AvgIpc) is 2.39. The normalized spacial score (nSPS) is 23.2. The molecule has 1 aliphatic rings.